The fraction of sp³-hybridized carbons (Fsp3) is 0.800. The van der Waals surface area contributed by atoms with E-state index in [0.29, 0.717) is 11.5 Å². The van der Waals surface area contributed by atoms with E-state index in [1.54, 1.807) is 0 Å². The van der Waals surface area contributed by atoms with Crippen LogP contribution in [-0.4, -0.2) is 28.3 Å². The van der Waals surface area contributed by atoms with E-state index < -0.39 is 0 Å². The molecule has 0 unspecified atom stereocenters. The first-order valence-corrected chi connectivity index (χ1v) is 8.53. The Morgan fingerprint density at radius 3 is 2.63 bits per heavy atom. The van der Waals surface area contributed by atoms with E-state index >= 15 is 0 Å². The Balaban J connectivity index is 2.05. The zero-order chi connectivity index (χ0) is 13.7. The number of rotatable bonds is 6. The number of hydrogen-bond acceptors (Lipinski definition) is 2. The van der Waals surface area contributed by atoms with Gasteiger partial charge in [0, 0.05) is 24.7 Å². The summed E-state index contributed by atoms with van der Waals surface area (Å²) in [5.41, 5.74) is 1.57. The van der Waals surface area contributed by atoms with Crippen LogP contribution in [0.25, 0.3) is 0 Å². The first-order valence-electron chi connectivity index (χ1n) is 7.41. The highest BCUT2D eigenvalue weighted by Crippen LogP contribution is 2.35. The second-order valence-corrected chi connectivity index (χ2v) is 6.24. The zero-order valence-electron chi connectivity index (χ0n) is 12.1. The molecule has 1 fully saturated rings. The first kappa shape index (κ1) is 15.0. The molecular formula is C15H25BrN2O. The van der Waals surface area contributed by atoms with Gasteiger partial charge in [0.15, 0.2) is 0 Å². The van der Waals surface area contributed by atoms with Crippen LogP contribution >= 0.6 is 15.9 Å². The quantitative estimate of drug-likeness (QED) is 0.738. The van der Waals surface area contributed by atoms with Gasteiger partial charge in [-0.1, -0.05) is 29.8 Å². The lowest BCUT2D eigenvalue weighted by atomic mass is 9.78. The van der Waals surface area contributed by atoms with E-state index in [1.807, 2.05) is 0 Å². The van der Waals surface area contributed by atoms with Crippen molar-refractivity contribution in [1.82, 2.24) is 9.78 Å². The van der Waals surface area contributed by atoms with Crippen LogP contribution in [0.15, 0.2) is 12.3 Å². The summed E-state index contributed by atoms with van der Waals surface area (Å²) in [5, 5.41) is 5.84. The van der Waals surface area contributed by atoms with Gasteiger partial charge in [-0.15, -0.1) is 0 Å². The first-order chi connectivity index (χ1) is 9.23. The normalized spacial score (nSPS) is 18.9. The highest BCUT2D eigenvalue weighted by atomic mass is 79.9. The van der Waals surface area contributed by atoms with Gasteiger partial charge >= 0.3 is 0 Å². The Bertz CT molecular complexity index is 381. The predicted octanol–water partition coefficient (Wildman–Crippen LogP) is 3.98. The summed E-state index contributed by atoms with van der Waals surface area (Å²) < 4.78 is 7.65. The molecule has 0 aliphatic carbocycles. The standard InChI is InChI=1S/C15H25BrN2O/c1-3-14(4-2)18-8-5-13(17-18)11-15(12-16)6-9-19-10-7-15/h5,8,14H,3-4,6-7,9-12H2,1-2H3. The number of ether oxygens (including phenoxy) is 1. The molecule has 0 atom stereocenters. The fourth-order valence-electron chi connectivity index (χ4n) is 2.88. The molecule has 0 radical (unpaired) electrons. The number of alkyl halides is 1. The van der Waals surface area contributed by atoms with Crippen molar-refractivity contribution in [2.75, 3.05) is 18.5 Å². The molecule has 0 aromatic carbocycles. The van der Waals surface area contributed by atoms with Gasteiger partial charge in [-0.3, -0.25) is 4.68 Å². The van der Waals surface area contributed by atoms with Crippen LogP contribution in [0.2, 0.25) is 0 Å². The maximum Gasteiger partial charge on any atom is 0.0630 e. The van der Waals surface area contributed by atoms with Crippen LogP contribution in [-0.2, 0) is 11.2 Å². The SMILES string of the molecule is CCC(CC)n1ccc(CC2(CBr)CCOCC2)n1. The average molecular weight is 329 g/mol. The van der Waals surface area contributed by atoms with Gasteiger partial charge in [-0.25, -0.2) is 0 Å². The molecule has 0 saturated carbocycles. The van der Waals surface area contributed by atoms with Crippen LogP contribution in [0.1, 0.15) is 51.3 Å². The number of halogens is 1. The van der Waals surface area contributed by atoms with E-state index in [2.05, 4.69) is 46.7 Å². The van der Waals surface area contributed by atoms with Crippen LogP contribution in [0, 0.1) is 5.41 Å². The van der Waals surface area contributed by atoms with Gasteiger partial charge in [0.25, 0.3) is 0 Å². The lowest BCUT2D eigenvalue weighted by Gasteiger charge is -2.35. The molecular weight excluding hydrogens is 304 g/mol. The Hall–Kier alpha value is -0.350. The maximum atomic E-state index is 5.50. The molecule has 3 nitrogen and oxygen atoms in total. The smallest absolute Gasteiger partial charge is 0.0630 e. The third-order valence-corrected chi connectivity index (χ3v) is 5.56. The summed E-state index contributed by atoms with van der Waals surface area (Å²) in [6, 6.07) is 2.74. The largest absolute Gasteiger partial charge is 0.381 e. The van der Waals surface area contributed by atoms with Gasteiger partial charge in [0.2, 0.25) is 0 Å². The van der Waals surface area contributed by atoms with Crippen LogP contribution in [0.5, 0.6) is 0 Å². The van der Waals surface area contributed by atoms with Gasteiger partial charge in [0.1, 0.15) is 0 Å². The van der Waals surface area contributed by atoms with Crippen molar-refractivity contribution in [3.8, 4) is 0 Å². The molecule has 0 spiro atoms. The highest BCUT2D eigenvalue weighted by molar-refractivity contribution is 9.09. The molecule has 4 heteroatoms. The topological polar surface area (TPSA) is 27.1 Å². The highest BCUT2D eigenvalue weighted by Gasteiger charge is 2.32. The molecule has 1 aliphatic rings. The van der Waals surface area contributed by atoms with E-state index in [9.17, 15) is 0 Å². The minimum atomic E-state index is 0.339. The van der Waals surface area contributed by atoms with Crippen LogP contribution in [0.4, 0.5) is 0 Å². The molecule has 1 aliphatic heterocycles. The zero-order valence-corrected chi connectivity index (χ0v) is 13.7. The Labute approximate surface area is 124 Å². The average Bonchev–Trinajstić information content (AvgIpc) is 2.89. The minimum absolute atomic E-state index is 0.339. The van der Waals surface area contributed by atoms with Crippen molar-refractivity contribution in [3.63, 3.8) is 0 Å². The molecule has 1 saturated heterocycles. The Kier molecular flexibility index (Phi) is 5.46. The van der Waals surface area contributed by atoms with E-state index in [4.69, 9.17) is 9.84 Å². The second-order valence-electron chi connectivity index (χ2n) is 5.68. The van der Waals surface area contributed by atoms with Crippen LogP contribution in [0.3, 0.4) is 0 Å². The van der Waals surface area contributed by atoms with Crippen molar-refractivity contribution < 1.29 is 4.74 Å². The van der Waals surface area contributed by atoms with Crippen molar-refractivity contribution in [2.24, 2.45) is 5.41 Å². The number of aromatic nitrogens is 2. The molecule has 0 bridgehead atoms. The maximum absolute atomic E-state index is 5.50. The van der Waals surface area contributed by atoms with Gasteiger partial charge < -0.3 is 4.74 Å². The molecule has 19 heavy (non-hydrogen) atoms. The van der Waals surface area contributed by atoms with E-state index in [0.717, 1.165) is 50.6 Å². The van der Waals surface area contributed by atoms with Gasteiger partial charge in [-0.2, -0.15) is 5.10 Å². The summed E-state index contributed by atoms with van der Waals surface area (Å²) >= 11 is 3.70. The third kappa shape index (κ3) is 3.60. The summed E-state index contributed by atoms with van der Waals surface area (Å²) in [4.78, 5) is 0. The fourth-order valence-corrected chi connectivity index (χ4v) is 3.64. The monoisotopic (exact) mass is 328 g/mol. The lowest BCUT2D eigenvalue weighted by molar-refractivity contribution is 0.0265. The molecule has 0 N–H and O–H groups in total. The number of nitrogens with zero attached hydrogens (tertiary/aromatic N) is 2. The van der Waals surface area contributed by atoms with Crippen molar-refractivity contribution in [2.45, 2.75) is 52.0 Å². The predicted molar refractivity (Wildman–Crippen MR) is 81.8 cm³/mol. The molecule has 2 heterocycles. The van der Waals surface area contributed by atoms with Crippen molar-refractivity contribution in [1.29, 1.82) is 0 Å². The summed E-state index contributed by atoms with van der Waals surface area (Å²) in [6.07, 6.45) is 7.78. The van der Waals surface area contributed by atoms with E-state index in [-0.39, 0.29) is 0 Å². The molecule has 108 valence electrons. The van der Waals surface area contributed by atoms with E-state index in [1.165, 1.54) is 5.69 Å². The Morgan fingerprint density at radius 2 is 2.05 bits per heavy atom. The summed E-state index contributed by atoms with van der Waals surface area (Å²) in [5.74, 6) is 0. The van der Waals surface area contributed by atoms with Crippen LogP contribution < -0.4 is 0 Å². The van der Waals surface area contributed by atoms with Gasteiger partial charge in [0.05, 0.1) is 11.7 Å². The number of hydrogen-bond donors (Lipinski definition) is 0. The summed E-state index contributed by atoms with van der Waals surface area (Å²) in [6.45, 7) is 6.24. The lowest BCUT2D eigenvalue weighted by Crippen LogP contribution is -2.33. The molecule has 2 rings (SSSR count). The van der Waals surface area contributed by atoms with Gasteiger partial charge in [-0.05, 0) is 43.6 Å². The minimum Gasteiger partial charge on any atom is -0.381 e. The molecule has 1 aromatic rings. The Morgan fingerprint density at radius 1 is 1.37 bits per heavy atom. The molecule has 1 aromatic heterocycles. The van der Waals surface area contributed by atoms with Crippen molar-refractivity contribution in [3.05, 3.63) is 18.0 Å². The second kappa shape index (κ2) is 6.89. The summed E-state index contributed by atoms with van der Waals surface area (Å²) in [7, 11) is 0. The third-order valence-electron chi connectivity index (χ3n) is 4.37. The molecule has 0 amide bonds. The van der Waals surface area contributed by atoms with Crippen molar-refractivity contribution >= 4 is 15.9 Å².